The number of fused-ring (bicyclic) bond motifs is 1. The van der Waals surface area contributed by atoms with Gasteiger partial charge < -0.3 is 15.1 Å². The first-order valence-corrected chi connectivity index (χ1v) is 9.23. The fourth-order valence-electron chi connectivity index (χ4n) is 3.23. The summed E-state index contributed by atoms with van der Waals surface area (Å²) < 4.78 is 3.76. The van der Waals surface area contributed by atoms with Crippen LogP contribution in [0.15, 0.2) is 12.3 Å². The number of carbonyl (C=O) groups excluding carboxylic acids is 2. The van der Waals surface area contributed by atoms with Gasteiger partial charge in [0.05, 0.1) is 42.8 Å². The number of rotatable bonds is 5. The summed E-state index contributed by atoms with van der Waals surface area (Å²) in [5.41, 5.74) is 3.23. The van der Waals surface area contributed by atoms with Crippen LogP contribution in [0.5, 0.6) is 0 Å². The van der Waals surface area contributed by atoms with Crippen molar-refractivity contribution in [2.75, 3.05) is 20.6 Å². The van der Waals surface area contributed by atoms with Crippen LogP contribution < -0.4 is 5.32 Å². The third kappa shape index (κ3) is 3.96. The summed E-state index contributed by atoms with van der Waals surface area (Å²) >= 11 is 0. The van der Waals surface area contributed by atoms with Crippen LogP contribution in [-0.4, -0.2) is 61.9 Å². The maximum absolute atomic E-state index is 12.5. The molecule has 0 saturated carbocycles. The first-order chi connectivity index (χ1) is 12.9. The molecular weight excluding hydrogens is 346 g/mol. The molecule has 9 heteroatoms. The molecule has 9 nitrogen and oxygen atoms in total. The SMILES string of the molecule is CCCn1ncc(C(=O)NCc2cc3n(n2)CCN(C(=O)N(C)C)C3)c1C. The molecule has 0 saturated heterocycles. The second-order valence-electron chi connectivity index (χ2n) is 7.00. The van der Waals surface area contributed by atoms with Crippen molar-refractivity contribution < 1.29 is 9.59 Å². The number of urea groups is 1. The standard InChI is InChI=1S/C18H27N7O2/c1-5-6-24-13(2)16(11-20-24)17(26)19-10-14-9-15-12-23(18(27)22(3)4)7-8-25(15)21-14/h9,11H,5-8,10,12H2,1-4H3,(H,19,26). The van der Waals surface area contributed by atoms with Gasteiger partial charge in [0.25, 0.3) is 5.91 Å². The Morgan fingerprint density at radius 2 is 2.07 bits per heavy atom. The van der Waals surface area contributed by atoms with Crippen molar-refractivity contribution in [1.29, 1.82) is 0 Å². The van der Waals surface area contributed by atoms with Crippen molar-refractivity contribution >= 4 is 11.9 Å². The molecule has 0 fully saturated rings. The lowest BCUT2D eigenvalue weighted by molar-refractivity contribution is 0.0949. The highest BCUT2D eigenvalue weighted by Crippen LogP contribution is 2.15. The van der Waals surface area contributed by atoms with E-state index in [9.17, 15) is 9.59 Å². The molecule has 27 heavy (non-hydrogen) atoms. The Hall–Kier alpha value is -2.84. The number of hydrogen-bond donors (Lipinski definition) is 1. The molecule has 3 amide bonds. The van der Waals surface area contributed by atoms with Gasteiger partial charge in [0, 0.05) is 32.9 Å². The van der Waals surface area contributed by atoms with Crippen molar-refractivity contribution in [3.63, 3.8) is 0 Å². The van der Waals surface area contributed by atoms with E-state index in [0.29, 0.717) is 31.7 Å². The number of nitrogens with one attached hydrogen (secondary N) is 1. The molecule has 1 aliphatic rings. The number of aryl methyl sites for hydroxylation is 1. The summed E-state index contributed by atoms with van der Waals surface area (Å²) in [5.74, 6) is -0.148. The van der Waals surface area contributed by atoms with Gasteiger partial charge in [-0.05, 0) is 19.4 Å². The van der Waals surface area contributed by atoms with Crippen LogP contribution in [0, 0.1) is 6.92 Å². The predicted molar refractivity (Wildman–Crippen MR) is 100 cm³/mol. The Balaban J connectivity index is 1.62. The molecule has 0 spiro atoms. The summed E-state index contributed by atoms with van der Waals surface area (Å²) in [6.45, 7) is 6.95. The molecule has 2 aromatic heterocycles. The average molecular weight is 373 g/mol. The van der Waals surface area contributed by atoms with E-state index in [1.807, 2.05) is 22.4 Å². The van der Waals surface area contributed by atoms with Gasteiger partial charge >= 0.3 is 6.03 Å². The van der Waals surface area contributed by atoms with Gasteiger partial charge in [0.1, 0.15) is 0 Å². The van der Waals surface area contributed by atoms with Crippen LogP contribution in [0.2, 0.25) is 0 Å². The molecule has 0 aromatic carbocycles. The Kier molecular flexibility index (Phi) is 5.48. The summed E-state index contributed by atoms with van der Waals surface area (Å²) in [5, 5.41) is 11.7. The molecule has 0 bridgehead atoms. The Morgan fingerprint density at radius 1 is 1.30 bits per heavy atom. The average Bonchev–Trinajstić information content (AvgIpc) is 3.22. The van der Waals surface area contributed by atoms with Gasteiger partial charge in [-0.3, -0.25) is 14.2 Å². The normalized spacial score (nSPS) is 13.4. The van der Waals surface area contributed by atoms with Crippen LogP contribution in [-0.2, 0) is 26.2 Å². The van der Waals surface area contributed by atoms with E-state index in [1.54, 1.807) is 30.1 Å². The monoisotopic (exact) mass is 373 g/mol. The lowest BCUT2D eigenvalue weighted by Gasteiger charge is -2.29. The highest BCUT2D eigenvalue weighted by atomic mass is 16.2. The smallest absolute Gasteiger partial charge is 0.319 e. The zero-order valence-corrected chi connectivity index (χ0v) is 16.4. The molecular formula is C18H27N7O2. The minimum atomic E-state index is -0.148. The Labute approximate surface area is 158 Å². The summed E-state index contributed by atoms with van der Waals surface area (Å²) in [6, 6.07) is 1.94. The largest absolute Gasteiger partial charge is 0.346 e. The molecule has 1 N–H and O–H groups in total. The Morgan fingerprint density at radius 3 is 2.78 bits per heavy atom. The number of amides is 3. The summed E-state index contributed by atoms with van der Waals surface area (Å²) in [7, 11) is 3.50. The van der Waals surface area contributed by atoms with Crippen LogP contribution in [0.3, 0.4) is 0 Å². The van der Waals surface area contributed by atoms with Crippen molar-refractivity contribution in [1.82, 2.24) is 34.7 Å². The molecule has 1 aliphatic heterocycles. The topological polar surface area (TPSA) is 88.3 Å². The fourth-order valence-corrected chi connectivity index (χ4v) is 3.23. The highest BCUT2D eigenvalue weighted by molar-refractivity contribution is 5.94. The maximum Gasteiger partial charge on any atom is 0.319 e. The number of aromatic nitrogens is 4. The first-order valence-electron chi connectivity index (χ1n) is 9.23. The Bertz CT molecular complexity index is 837. The van der Waals surface area contributed by atoms with Gasteiger partial charge in [0.2, 0.25) is 0 Å². The predicted octanol–water partition coefficient (Wildman–Crippen LogP) is 1.23. The van der Waals surface area contributed by atoms with Crippen molar-refractivity contribution in [3.8, 4) is 0 Å². The van der Waals surface area contributed by atoms with Gasteiger partial charge in [-0.15, -0.1) is 0 Å². The van der Waals surface area contributed by atoms with Crippen LogP contribution >= 0.6 is 0 Å². The van der Waals surface area contributed by atoms with Gasteiger partial charge in [-0.1, -0.05) is 6.92 Å². The second-order valence-corrected chi connectivity index (χ2v) is 7.00. The minimum Gasteiger partial charge on any atom is -0.346 e. The van der Waals surface area contributed by atoms with Gasteiger partial charge in [-0.25, -0.2) is 4.79 Å². The quantitative estimate of drug-likeness (QED) is 0.854. The molecule has 0 aliphatic carbocycles. The van der Waals surface area contributed by atoms with Gasteiger partial charge in [0.15, 0.2) is 0 Å². The minimum absolute atomic E-state index is 0.00290. The summed E-state index contributed by atoms with van der Waals surface area (Å²) in [4.78, 5) is 28.0. The highest BCUT2D eigenvalue weighted by Gasteiger charge is 2.23. The van der Waals surface area contributed by atoms with Crippen LogP contribution in [0.25, 0.3) is 0 Å². The zero-order valence-electron chi connectivity index (χ0n) is 16.4. The van der Waals surface area contributed by atoms with E-state index in [-0.39, 0.29) is 11.9 Å². The van der Waals surface area contributed by atoms with Crippen LogP contribution in [0.4, 0.5) is 4.79 Å². The van der Waals surface area contributed by atoms with E-state index in [0.717, 1.165) is 30.0 Å². The number of hydrogen-bond acceptors (Lipinski definition) is 4. The zero-order chi connectivity index (χ0) is 19.6. The molecule has 0 atom stereocenters. The third-order valence-electron chi connectivity index (χ3n) is 4.71. The lowest BCUT2D eigenvalue weighted by atomic mass is 10.2. The molecule has 0 radical (unpaired) electrons. The van der Waals surface area contributed by atoms with Crippen molar-refractivity contribution in [2.45, 2.75) is 46.4 Å². The lowest BCUT2D eigenvalue weighted by Crippen LogP contribution is -2.43. The molecule has 146 valence electrons. The van der Waals surface area contributed by atoms with E-state index in [1.165, 1.54) is 0 Å². The van der Waals surface area contributed by atoms with E-state index >= 15 is 0 Å². The van der Waals surface area contributed by atoms with Crippen molar-refractivity contribution in [2.24, 2.45) is 0 Å². The van der Waals surface area contributed by atoms with Crippen molar-refractivity contribution in [3.05, 3.63) is 34.9 Å². The van der Waals surface area contributed by atoms with Crippen LogP contribution in [0.1, 0.15) is 40.8 Å². The first kappa shape index (κ1) is 18.9. The number of nitrogens with zero attached hydrogens (tertiary/aromatic N) is 6. The van der Waals surface area contributed by atoms with E-state index in [2.05, 4.69) is 22.4 Å². The second kappa shape index (κ2) is 7.81. The fraction of sp³-hybridized carbons (Fsp3) is 0.556. The van der Waals surface area contributed by atoms with Gasteiger partial charge in [-0.2, -0.15) is 10.2 Å². The summed E-state index contributed by atoms with van der Waals surface area (Å²) in [6.07, 6.45) is 2.58. The van der Waals surface area contributed by atoms with E-state index in [4.69, 9.17) is 0 Å². The maximum atomic E-state index is 12.5. The molecule has 3 rings (SSSR count). The van der Waals surface area contributed by atoms with E-state index < -0.39 is 0 Å². The molecule has 0 unspecified atom stereocenters. The molecule has 2 aromatic rings. The molecule has 3 heterocycles. The third-order valence-corrected chi connectivity index (χ3v) is 4.71. The number of carbonyl (C=O) groups is 2.